The van der Waals surface area contributed by atoms with Crippen LogP contribution < -0.4 is 14.8 Å². The number of amides is 2. The third-order valence-corrected chi connectivity index (χ3v) is 3.73. The molecule has 1 aliphatic heterocycles. The van der Waals surface area contributed by atoms with Crippen molar-refractivity contribution in [1.29, 1.82) is 0 Å². The molecule has 120 valence electrons. The third-order valence-electron chi connectivity index (χ3n) is 3.73. The number of benzene rings is 1. The number of hydrogen-bond acceptors (Lipinski definition) is 4. The summed E-state index contributed by atoms with van der Waals surface area (Å²) < 4.78 is 10.4. The first-order chi connectivity index (χ1) is 10.7. The van der Waals surface area contributed by atoms with Crippen molar-refractivity contribution in [2.24, 2.45) is 0 Å². The second-order valence-corrected chi connectivity index (χ2v) is 5.13. The lowest BCUT2D eigenvalue weighted by Crippen LogP contribution is -2.32. The molecule has 0 aliphatic carbocycles. The zero-order valence-corrected chi connectivity index (χ0v) is 13.1. The van der Waals surface area contributed by atoms with Crippen molar-refractivity contribution < 1.29 is 19.1 Å². The lowest BCUT2D eigenvalue weighted by atomic mass is 10.1. The van der Waals surface area contributed by atoms with Crippen LogP contribution in [0.5, 0.6) is 11.5 Å². The fourth-order valence-electron chi connectivity index (χ4n) is 2.57. The summed E-state index contributed by atoms with van der Waals surface area (Å²) >= 11 is 0. The minimum atomic E-state index is -0.273. The van der Waals surface area contributed by atoms with Gasteiger partial charge >= 0.3 is 0 Å². The maximum absolute atomic E-state index is 12.2. The Morgan fingerprint density at radius 3 is 2.55 bits per heavy atom. The molecular formula is C16H22N2O4. The van der Waals surface area contributed by atoms with Crippen LogP contribution in [0.2, 0.25) is 0 Å². The molecule has 2 amide bonds. The second kappa shape index (κ2) is 7.68. The van der Waals surface area contributed by atoms with Crippen molar-refractivity contribution >= 4 is 11.8 Å². The number of nitrogens with one attached hydrogen (secondary N) is 1. The summed E-state index contributed by atoms with van der Waals surface area (Å²) in [7, 11) is 3.01. The second-order valence-electron chi connectivity index (χ2n) is 5.13. The van der Waals surface area contributed by atoms with Gasteiger partial charge in [-0.1, -0.05) is 6.07 Å². The Hall–Kier alpha value is -2.24. The first kappa shape index (κ1) is 16.1. The Morgan fingerprint density at radius 2 is 1.91 bits per heavy atom. The molecule has 2 rings (SSSR count). The standard InChI is InChI=1S/C16H22N2O4/c1-21-13-7-5-6-12(15(13)22-2)16(20)17-9-8-14(19)18-10-3-4-11-18/h5-7H,3-4,8-11H2,1-2H3,(H,17,20). The van der Waals surface area contributed by atoms with Gasteiger partial charge in [-0.15, -0.1) is 0 Å². The van der Waals surface area contributed by atoms with Gasteiger partial charge in [-0.3, -0.25) is 9.59 Å². The predicted molar refractivity (Wildman–Crippen MR) is 82.3 cm³/mol. The van der Waals surface area contributed by atoms with Crippen LogP contribution in [0.25, 0.3) is 0 Å². The minimum absolute atomic E-state index is 0.0930. The van der Waals surface area contributed by atoms with Gasteiger partial charge in [-0.25, -0.2) is 0 Å². The van der Waals surface area contributed by atoms with E-state index in [0.717, 1.165) is 25.9 Å². The molecule has 6 heteroatoms. The fraction of sp³-hybridized carbons (Fsp3) is 0.500. The topological polar surface area (TPSA) is 67.9 Å². The van der Waals surface area contributed by atoms with Crippen LogP contribution in [0.15, 0.2) is 18.2 Å². The van der Waals surface area contributed by atoms with Gasteiger partial charge in [0.25, 0.3) is 5.91 Å². The number of nitrogens with zero attached hydrogens (tertiary/aromatic N) is 1. The summed E-state index contributed by atoms with van der Waals surface area (Å²) in [6.45, 7) is 1.97. The van der Waals surface area contributed by atoms with Crippen molar-refractivity contribution in [2.75, 3.05) is 33.9 Å². The van der Waals surface area contributed by atoms with E-state index in [4.69, 9.17) is 9.47 Å². The Morgan fingerprint density at radius 1 is 1.18 bits per heavy atom. The molecule has 0 radical (unpaired) electrons. The molecule has 1 fully saturated rings. The molecule has 0 unspecified atom stereocenters. The third kappa shape index (κ3) is 3.69. The van der Waals surface area contributed by atoms with E-state index in [0.29, 0.717) is 30.0 Å². The van der Waals surface area contributed by atoms with E-state index in [1.165, 1.54) is 14.2 Å². The number of hydrogen-bond donors (Lipinski definition) is 1. The van der Waals surface area contributed by atoms with Crippen LogP contribution in [0.3, 0.4) is 0 Å². The van der Waals surface area contributed by atoms with Crippen LogP contribution in [0.1, 0.15) is 29.6 Å². The zero-order valence-electron chi connectivity index (χ0n) is 13.1. The van der Waals surface area contributed by atoms with Gasteiger partial charge in [-0.2, -0.15) is 0 Å². The van der Waals surface area contributed by atoms with Gasteiger partial charge in [0.05, 0.1) is 19.8 Å². The predicted octanol–water partition coefficient (Wildman–Crippen LogP) is 1.45. The Bertz CT molecular complexity index is 539. The Balaban J connectivity index is 1.91. The molecular weight excluding hydrogens is 284 g/mol. The molecule has 6 nitrogen and oxygen atoms in total. The Kier molecular flexibility index (Phi) is 5.63. The van der Waals surface area contributed by atoms with Crippen molar-refractivity contribution in [3.63, 3.8) is 0 Å². The van der Waals surface area contributed by atoms with E-state index in [1.807, 2.05) is 4.90 Å². The summed E-state index contributed by atoms with van der Waals surface area (Å²) in [5, 5.41) is 2.76. The molecule has 0 saturated carbocycles. The normalized spacial score (nSPS) is 13.8. The van der Waals surface area contributed by atoms with Gasteiger partial charge in [-0.05, 0) is 25.0 Å². The summed E-state index contributed by atoms with van der Waals surface area (Å²) in [5.74, 6) is 0.719. The summed E-state index contributed by atoms with van der Waals surface area (Å²) in [4.78, 5) is 26.0. The quantitative estimate of drug-likeness (QED) is 0.863. The molecule has 1 aromatic rings. The average molecular weight is 306 g/mol. The van der Waals surface area contributed by atoms with E-state index < -0.39 is 0 Å². The lowest BCUT2D eigenvalue weighted by molar-refractivity contribution is -0.129. The van der Waals surface area contributed by atoms with Crippen molar-refractivity contribution in [2.45, 2.75) is 19.3 Å². The smallest absolute Gasteiger partial charge is 0.255 e. The largest absolute Gasteiger partial charge is 0.493 e. The van der Waals surface area contributed by atoms with Crippen LogP contribution in [0.4, 0.5) is 0 Å². The van der Waals surface area contributed by atoms with E-state index >= 15 is 0 Å². The maximum atomic E-state index is 12.2. The van der Waals surface area contributed by atoms with Gasteiger partial charge in [0.1, 0.15) is 0 Å². The van der Waals surface area contributed by atoms with E-state index in [-0.39, 0.29) is 11.8 Å². The lowest BCUT2D eigenvalue weighted by Gasteiger charge is -2.16. The first-order valence-electron chi connectivity index (χ1n) is 7.44. The number of ether oxygens (including phenoxy) is 2. The van der Waals surface area contributed by atoms with Crippen LogP contribution in [-0.4, -0.2) is 50.6 Å². The molecule has 1 aliphatic rings. The van der Waals surface area contributed by atoms with E-state index in [1.54, 1.807) is 18.2 Å². The SMILES string of the molecule is COc1cccc(C(=O)NCCC(=O)N2CCCC2)c1OC. The van der Waals surface area contributed by atoms with Crippen LogP contribution in [-0.2, 0) is 4.79 Å². The van der Waals surface area contributed by atoms with E-state index in [2.05, 4.69) is 5.32 Å². The highest BCUT2D eigenvalue weighted by atomic mass is 16.5. The van der Waals surface area contributed by atoms with Gasteiger partial charge < -0.3 is 19.7 Å². The monoisotopic (exact) mass is 306 g/mol. The highest BCUT2D eigenvalue weighted by Crippen LogP contribution is 2.30. The highest BCUT2D eigenvalue weighted by Gasteiger charge is 2.19. The number of methoxy groups -OCH3 is 2. The molecule has 1 aromatic carbocycles. The minimum Gasteiger partial charge on any atom is -0.493 e. The van der Waals surface area contributed by atoms with Gasteiger partial charge in [0.2, 0.25) is 5.91 Å². The van der Waals surface area contributed by atoms with Gasteiger partial charge in [0.15, 0.2) is 11.5 Å². The van der Waals surface area contributed by atoms with Crippen LogP contribution in [0, 0.1) is 0 Å². The molecule has 1 N–H and O–H groups in total. The number of likely N-dealkylation sites (tertiary alicyclic amines) is 1. The number of para-hydroxylation sites is 1. The van der Waals surface area contributed by atoms with Crippen molar-refractivity contribution in [3.8, 4) is 11.5 Å². The first-order valence-corrected chi connectivity index (χ1v) is 7.44. The molecule has 0 bridgehead atoms. The molecule has 1 heterocycles. The van der Waals surface area contributed by atoms with Crippen molar-refractivity contribution in [3.05, 3.63) is 23.8 Å². The summed E-state index contributed by atoms with van der Waals surface area (Å²) in [5.41, 5.74) is 0.399. The molecule has 1 saturated heterocycles. The number of carbonyl (C=O) groups is 2. The fourth-order valence-corrected chi connectivity index (χ4v) is 2.57. The van der Waals surface area contributed by atoms with E-state index in [9.17, 15) is 9.59 Å². The average Bonchev–Trinajstić information content (AvgIpc) is 3.08. The van der Waals surface area contributed by atoms with Crippen molar-refractivity contribution in [1.82, 2.24) is 10.2 Å². The summed E-state index contributed by atoms with van der Waals surface area (Å²) in [6.07, 6.45) is 2.45. The van der Waals surface area contributed by atoms with Gasteiger partial charge in [0, 0.05) is 26.1 Å². The highest BCUT2D eigenvalue weighted by molar-refractivity contribution is 5.98. The summed E-state index contributed by atoms with van der Waals surface area (Å²) in [6, 6.07) is 5.12. The van der Waals surface area contributed by atoms with Crippen LogP contribution >= 0.6 is 0 Å². The molecule has 0 aromatic heterocycles. The molecule has 0 atom stereocenters. The maximum Gasteiger partial charge on any atom is 0.255 e. The number of carbonyl (C=O) groups excluding carboxylic acids is 2. The molecule has 0 spiro atoms. The Labute approximate surface area is 130 Å². The number of rotatable bonds is 6. The molecule has 22 heavy (non-hydrogen) atoms. The zero-order chi connectivity index (χ0) is 15.9.